The third-order valence-corrected chi connectivity index (χ3v) is 10.5. The van der Waals surface area contributed by atoms with Crippen LogP contribution in [0.3, 0.4) is 0 Å². The predicted molar refractivity (Wildman–Crippen MR) is 174 cm³/mol. The average molecular weight is 669 g/mol. The van der Waals surface area contributed by atoms with E-state index in [9.17, 15) is 0 Å². The molecule has 4 aliphatic carbocycles. The molecule has 2 aromatic rings. The molecule has 2 fully saturated rings. The summed E-state index contributed by atoms with van der Waals surface area (Å²) in [5.41, 5.74) is 5.70. The number of hydrogen-bond donors (Lipinski definition) is 0. The van der Waals surface area contributed by atoms with E-state index < -0.39 is 20.8 Å². The maximum absolute atomic E-state index is 4.93. The molecule has 0 aromatic heterocycles. The number of halogens is 2. The molecule has 8 atom stereocenters. The van der Waals surface area contributed by atoms with Gasteiger partial charge in [0, 0.05) is 0 Å². The Balaban J connectivity index is 0.000000173. The van der Waals surface area contributed by atoms with Gasteiger partial charge in [0.05, 0.1) is 0 Å². The van der Waals surface area contributed by atoms with E-state index in [1.807, 2.05) is 0 Å². The zero-order chi connectivity index (χ0) is 29.5. The molecule has 41 heavy (non-hydrogen) atoms. The summed E-state index contributed by atoms with van der Waals surface area (Å²) in [4.78, 5) is 0. The first kappa shape index (κ1) is 33.3. The quantitative estimate of drug-likeness (QED) is 0.285. The van der Waals surface area contributed by atoms with Gasteiger partial charge >= 0.3 is 37.9 Å². The molecule has 6 rings (SSSR count). The number of benzene rings is 2. The normalized spacial score (nSPS) is 31.5. The first-order valence-electron chi connectivity index (χ1n) is 16.1. The van der Waals surface area contributed by atoms with Crippen molar-refractivity contribution in [2.75, 3.05) is 0 Å². The van der Waals surface area contributed by atoms with E-state index in [0.717, 1.165) is 47.3 Å². The van der Waals surface area contributed by atoms with Crippen LogP contribution in [0.2, 0.25) is 0 Å². The van der Waals surface area contributed by atoms with Gasteiger partial charge in [0.2, 0.25) is 0 Å². The van der Waals surface area contributed by atoms with Gasteiger partial charge in [0.1, 0.15) is 0 Å². The Kier molecular flexibility index (Phi) is 12.9. The van der Waals surface area contributed by atoms with Crippen LogP contribution < -0.4 is 0 Å². The fourth-order valence-corrected chi connectivity index (χ4v) is 8.46. The van der Waals surface area contributed by atoms with E-state index in [2.05, 4.69) is 114 Å². The number of allylic oxidation sites excluding steroid dienone is 2. The predicted octanol–water partition coefficient (Wildman–Crippen LogP) is 11.8. The van der Waals surface area contributed by atoms with E-state index in [1.165, 1.54) is 60.8 Å². The number of rotatable bonds is 4. The summed E-state index contributed by atoms with van der Waals surface area (Å²) >= 11 is -0.826. The van der Waals surface area contributed by atoms with Crippen LogP contribution in [0.25, 0.3) is 0 Å². The van der Waals surface area contributed by atoms with Crippen molar-refractivity contribution in [3.8, 4) is 0 Å². The van der Waals surface area contributed by atoms with Crippen molar-refractivity contribution in [1.82, 2.24) is 0 Å². The Morgan fingerprint density at radius 1 is 0.634 bits per heavy atom. The van der Waals surface area contributed by atoms with E-state index in [0.29, 0.717) is 11.8 Å². The average Bonchev–Trinajstić information content (AvgIpc) is 3.58. The second kappa shape index (κ2) is 15.9. The van der Waals surface area contributed by atoms with Crippen molar-refractivity contribution in [2.45, 2.75) is 91.9 Å². The Morgan fingerprint density at radius 2 is 1.00 bits per heavy atom. The molecule has 0 aliphatic heterocycles. The van der Waals surface area contributed by atoms with Crippen molar-refractivity contribution < 1.29 is 20.8 Å². The molecule has 0 nitrogen and oxygen atoms in total. The van der Waals surface area contributed by atoms with Crippen molar-refractivity contribution in [3.05, 3.63) is 95.1 Å². The van der Waals surface area contributed by atoms with Gasteiger partial charge in [-0.3, -0.25) is 0 Å². The first-order valence-corrected chi connectivity index (χ1v) is 22.4. The molecule has 3 heteroatoms. The molecule has 0 saturated heterocycles. The van der Waals surface area contributed by atoms with Crippen LogP contribution in [0.15, 0.2) is 60.7 Å². The molecule has 0 N–H and O–H groups in total. The number of fused-ring (bicyclic) bond motifs is 2. The van der Waals surface area contributed by atoms with Crippen LogP contribution in [0.1, 0.15) is 114 Å². The van der Waals surface area contributed by atoms with Gasteiger partial charge < -0.3 is 0 Å². The summed E-state index contributed by atoms with van der Waals surface area (Å²) in [6.45, 7) is 14.5. The molecule has 0 heterocycles. The summed E-state index contributed by atoms with van der Waals surface area (Å²) < 4.78 is 0. The Hall–Kier alpha value is -0.617. The van der Waals surface area contributed by atoms with Crippen LogP contribution in [-0.4, -0.2) is 0 Å². The van der Waals surface area contributed by atoms with Crippen LogP contribution in [0.4, 0.5) is 0 Å². The van der Waals surface area contributed by atoms with E-state index in [4.69, 9.17) is 17.0 Å². The SMILES string of the molecule is CC(C)[C@H]1CC[C@@H](C)C[C@@H]1[C@H]1C=[C-]c2ccccc21.CC(C)[C@H]1CC[C@@H](C)C[C@H]1[C@@H]1C=[C-]c2ccccc21.[Cl][Zr+2][Cl]. The van der Waals surface area contributed by atoms with Gasteiger partial charge in [-0.05, 0) is 73.0 Å². The van der Waals surface area contributed by atoms with E-state index in [1.54, 1.807) is 0 Å². The molecule has 0 spiro atoms. The first-order chi connectivity index (χ1) is 19.7. The molecule has 0 unspecified atom stereocenters. The van der Waals surface area contributed by atoms with Gasteiger partial charge in [-0.25, -0.2) is 0 Å². The fraction of sp³-hybridized carbons (Fsp3) is 0.579. The Morgan fingerprint density at radius 3 is 1.37 bits per heavy atom. The van der Waals surface area contributed by atoms with Crippen molar-refractivity contribution in [2.24, 2.45) is 47.3 Å². The van der Waals surface area contributed by atoms with Crippen LogP contribution in [0.5, 0.6) is 0 Å². The van der Waals surface area contributed by atoms with Crippen LogP contribution in [0, 0.1) is 59.5 Å². The molecule has 220 valence electrons. The van der Waals surface area contributed by atoms with Gasteiger partial charge in [0.25, 0.3) is 0 Å². The summed E-state index contributed by atoms with van der Waals surface area (Å²) in [6, 6.07) is 17.7. The second-order valence-corrected chi connectivity index (χ2v) is 17.6. The molecular formula is C38H50Cl2Zr. The molecular weight excluding hydrogens is 619 g/mol. The van der Waals surface area contributed by atoms with E-state index >= 15 is 0 Å². The number of hydrogen-bond acceptors (Lipinski definition) is 0. The summed E-state index contributed by atoms with van der Waals surface area (Å²) in [5, 5.41) is 0. The zero-order valence-electron chi connectivity index (χ0n) is 26.0. The van der Waals surface area contributed by atoms with Gasteiger partial charge in [-0.2, -0.15) is 35.4 Å². The minimum absolute atomic E-state index is 0.617. The van der Waals surface area contributed by atoms with Crippen molar-refractivity contribution in [3.63, 3.8) is 0 Å². The topological polar surface area (TPSA) is 0 Å². The third kappa shape index (κ3) is 8.31. The summed E-state index contributed by atoms with van der Waals surface area (Å²) in [6.07, 6.45) is 20.1. The van der Waals surface area contributed by atoms with Crippen LogP contribution >= 0.6 is 17.0 Å². The molecule has 0 amide bonds. The van der Waals surface area contributed by atoms with Gasteiger partial charge in [0.15, 0.2) is 0 Å². The summed E-state index contributed by atoms with van der Waals surface area (Å²) in [7, 11) is 9.87. The second-order valence-electron chi connectivity index (χ2n) is 13.9. The standard InChI is InChI=1S/2C19H25.2ClH.Zr/c2*1-13(2)16-10-8-14(3)12-19(16)18-11-9-15-6-4-5-7-17(15)18;;;/h2*4-7,11,13-14,16,18-19H,8,10,12H2,1-3H3;2*1H;/q2*-1;;;+4/p-2/t14-,16-,18+,19+;14-,16-,18-,19-;;;/m11.../s1. The van der Waals surface area contributed by atoms with Crippen molar-refractivity contribution >= 4 is 17.0 Å². The van der Waals surface area contributed by atoms with Gasteiger partial charge in [-0.1, -0.05) is 78.4 Å². The zero-order valence-corrected chi connectivity index (χ0v) is 30.0. The van der Waals surface area contributed by atoms with Crippen LogP contribution in [-0.2, 0) is 20.8 Å². The summed E-state index contributed by atoms with van der Waals surface area (Å²) in [5.74, 6) is 8.02. The molecule has 0 bridgehead atoms. The maximum atomic E-state index is 4.93. The molecule has 0 radical (unpaired) electrons. The third-order valence-electron chi connectivity index (χ3n) is 10.5. The van der Waals surface area contributed by atoms with Crippen molar-refractivity contribution in [1.29, 1.82) is 0 Å². The minimum atomic E-state index is -0.826. The molecule has 2 saturated carbocycles. The fourth-order valence-electron chi connectivity index (χ4n) is 8.46. The Bertz CT molecular complexity index is 1060. The Labute approximate surface area is 270 Å². The van der Waals surface area contributed by atoms with Gasteiger partial charge in [-0.15, -0.1) is 47.5 Å². The molecule has 2 aromatic carbocycles. The monoisotopic (exact) mass is 666 g/mol. The molecule has 4 aliphatic rings. The van der Waals surface area contributed by atoms with E-state index in [-0.39, 0.29) is 0 Å².